The highest BCUT2D eigenvalue weighted by Gasteiger charge is 2.20. The van der Waals surface area contributed by atoms with Crippen LogP contribution in [-0.2, 0) is 6.54 Å². The maximum atomic E-state index is 11.3. The lowest BCUT2D eigenvalue weighted by Gasteiger charge is -2.11. The van der Waals surface area contributed by atoms with Crippen LogP contribution in [0.2, 0.25) is 0 Å². The van der Waals surface area contributed by atoms with E-state index in [0.717, 1.165) is 6.42 Å². The van der Waals surface area contributed by atoms with Gasteiger partial charge in [-0.05, 0) is 18.6 Å². The molecule has 1 N–H and O–H groups in total. The van der Waals surface area contributed by atoms with Crippen molar-refractivity contribution < 1.29 is 9.66 Å². The molecule has 112 valence electrons. The lowest BCUT2D eigenvalue weighted by molar-refractivity contribution is -0.385. The van der Waals surface area contributed by atoms with Crippen molar-refractivity contribution in [3.63, 3.8) is 0 Å². The molecule has 0 fully saturated rings. The van der Waals surface area contributed by atoms with Gasteiger partial charge in [-0.25, -0.2) is 4.98 Å². The molecule has 0 aliphatic rings. The average Bonchev–Trinajstić information content (AvgIpc) is 2.98. The first kappa shape index (κ1) is 14.8. The Kier molecular flexibility index (Phi) is 5.14. The molecule has 1 aromatic heterocycles. The Morgan fingerprint density at radius 1 is 1.48 bits per heavy atom. The van der Waals surface area contributed by atoms with Gasteiger partial charge >= 0.3 is 5.69 Å². The molecule has 1 heterocycles. The summed E-state index contributed by atoms with van der Waals surface area (Å²) >= 11 is 0. The molecule has 0 radical (unpaired) electrons. The lowest BCUT2D eigenvalue weighted by atomic mass is 10.2. The van der Waals surface area contributed by atoms with E-state index in [1.807, 2.05) is 17.7 Å². The van der Waals surface area contributed by atoms with Gasteiger partial charge in [-0.2, -0.15) is 0 Å². The van der Waals surface area contributed by atoms with Crippen molar-refractivity contribution >= 4 is 11.4 Å². The molecule has 2 rings (SSSR count). The second-order valence-electron chi connectivity index (χ2n) is 4.49. The molecule has 0 atom stereocenters. The number of rotatable bonds is 8. The van der Waals surface area contributed by atoms with E-state index in [9.17, 15) is 10.1 Å². The van der Waals surface area contributed by atoms with Gasteiger partial charge < -0.3 is 14.6 Å². The minimum Gasteiger partial charge on any atom is -0.487 e. The second-order valence-corrected chi connectivity index (χ2v) is 4.49. The van der Waals surface area contributed by atoms with E-state index in [1.165, 1.54) is 0 Å². The van der Waals surface area contributed by atoms with Gasteiger partial charge in [0.25, 0.3) is 0 Å². The van der Waals surface area contributed by atoms with Crippen LogP contribution in [-0.4, -0.2) is 27.6 Å². The number of para-hydroxylation sites is 1. The molecule has 7 nitrogen and oxygen atoms in total. The smallest absolute Gasteiger partial charge is 0.333 e. The fraction of sp³-hybridized carbons (Fsp3) is 0.357. The third-order valence-corrected chi connectivity index (χ3v) is 2.89. The predicted molar refractivity (Wildman–Crippen MR) is 79.6 cm³/mol. The first-order chi connectivity index (χ1) is 10.2. The fourth-order valence-corrected chi connectivity index (χ4v) is 1.92. The first-order valence-corrected chi connectivity index (χ1v) is 6.82. The molecule has 0 unspecified atom stereocenters. The standard InChI is InChI=1S/C14H18N4O3/c1-2-10-21-13-5-3-4-12(14(13)18(19)20)16-7-9-17-8-6-15-11-17/h3-6,8,11,16H,2,7,9-10H2,1H3. The Balaban J connectivity index is 2.08. The van der Waals surface area contributed by atoms with Crippen LogP contribution in [0.5, 0.6) is 5.75 Å². The van der Waals surface area contributed by atoms with E-state index >= 15 is 0 Å². The van der Waals surface area contributed by atoms with Gasteiger partial charge in [0.2, 0.25) is 0 Å². The topological polar surface area (TPSA) is 82.2 Å². The maximum absolute atomic E-state index is 11.3. The summed E-state index contributed by atoms with van der Waals surface area (Å²) in [5.74, 6) is 0.300. The Hall–Kier alpha value is -2.57. The Labute approximate surface area is 122 Å². The van der Waals surface area contributed by atoms with Crippen LogP contribution in [0, 0.1) is 10.1 Å². The summed E-state index contributed by atoms with van der Waals surface area (Å²) in [6, 6.07) is 5.05. The van der Waals surface area contributed by atoms with Crippen LogP contribution >= 0.6 is 0 Å². The van der Waals surface area contributed by atoms with E-state index in [-0.39, 0.29) is 5.69 Å². The molecule has 1 aromatic carbocycles. The first-order valence-electron chi connectivity index (χ1n) is 6.82. The third kappa shape index (κ3) is 3.95. The van der Waals surface area contributed by atoms with Gasteiger partial charge in [-0.1, -0.05) is 13.0 Å². The third-order valence-electron chi connectivity index (χ3n) is 2.89. The fourth-order valence-electron chi connectivity index (χ4n) is 1.92. The maximum Gasteiger partial charge on any atom is 0.333 e. The number of nitrogens with zero attached hydrogens (tertiary/aromatic N) is 3. The molecule has 0 saturated carbocycles. The summed E-state index contributed by atoms with van der Waals surface area (Å²) < 4.78 is 7.34. The van der Waals surface area contributed by atoms with E-state index in [1.54, 1.807) is 30.7 Å². The van der Waals surface area contributed by atoms with Crippen LogP contribution in [0.15, 0.2) is 36.9 Å². The van der Waals surface area contributed by atoms with Crippen molar-refractivity contribution in [2.24, 2.45) is 0 Å². The number of nitro groups is 1. The Morgan fingerprint density at radius 3 is 3.00 bits per heavy atom. The minimum absolute atomic E-state index is 0.0171. The summed E-state index contributed by atoms with van der Waals surface area (Å²) in [6.07, 6.45) is 6.05. The SMILES string of the molecule is CCCOc1cccc(NCCn2ccnc2)c1[N+](=O)[O-]. The largest absolute Gasteiger partial charge is 0.487 e. The molecule has 21 heavy (non-hydrogen) atoms. The normalized spacial score (nSPS) is 10.3. The van der Waals surface area contributed by atoms with Crippen LogP contribution in [0.1, 0.15) is 13.3 Å². The average molecular weight is 290 g/mol. The van der Waals surface area contributed by atoms with Gasteiger partial charge in [0.05, 0.1) is 17.9 Å². The van der Waals surface area contributed by atoms with Gasteiger partial charge in [0.15, 0.2) is 5.75 Å². The summed E-state index contributed by atoms with van der Waals surface area (Å²) in [5, 5.41) is 14.3. The van der Waals surface area contributed by atoms with Crippen LogP contribution in [0.25, 0.3) is 0 Å². The van der Waals surface area contributed by atoms with Crippen molar-refractivity contribution in [2.45, 2.75) is 19.9 Å². The van der Waals surface area contributed by atoms with E-state index in [0.29, 0.717) is 31.1 Å². The van der Waals surface area contributed by atoms with Gasteiger partial charge in [-0.15, -0.1) is 0 Å². The van der Waals surface area contributed by atoms with Gasteiger partial charge in [0.1, 0.15) is 5.69 Å². The van der Waals surface area contributed by atoms with E-state index < -0.39 is 4.92 Å². The van der Waals surface area contributed by atoms with Gasteiger partial charge in [0, 0.05) is 25.5 Å². The molecule has 0 aliphatic heterocycles. The van der Waals surface area contributed by atoms with Gasteiger partial charge in [-0.3, -0.25) is 10.1 Å². The molecule has 0 amide bonds. The zero-order valence-corrected chi connectivity index (χ0v) is 11.9. The summed E-state index contributed by atoms with van der Waals surface area (Å²) in [5.41, 5.74) is 0.449. The number of ether oxygens (including phenoxy) is 1. The zero-order chi connectivity index (χ0) is 15.1. The van der Waals surface area contributed by atoms with Crippen LogP contribution in [0.4, 0.5) is 11.4 Å². The summed E-state index contributed by atoms with van der Waals surface area (Å²) in [7, 11) is 0. The number of aromatic nitrogens is 2. The number of hydrogen-bond acceptors (Lipinski definition) is 5. The van der Waals surface area contributed by atoms with Crippen molar-refractivity contribution in [1.82, 2.24) is 9.55 Å². The minimum atomic E-state index is -0.412. The molecular weight excluding hydrogens is 272 g/mol. The molecule has 0 saturated heterocycles. The monoisotopic (exact) mass is 290 g/mol. The number of benzene rings is 1. The molecule has 0 spiro atoms. The van der Waals surface area contributed by atoms with Crippen molar-refractivity contribution in [1.29, 1.82) is 0 Å². The molecular formula is C14H18N4O3. The number of anilines is 1. The number of nitro benzene ring substituents is 1. The molecule has 0 bridgehead atoms. The summed E-state index contributed by atoms with van der Waals surface area (Å²) in [4.78, 5) is 14.8. The zero-order valence-electron chi connectivity index (χ0n) is 11.9. The lowest BCUT2D eigenvalue weighted by Crippen LogP contribution is -2.11. The number of nitrogens with one attached hydrogen (secondary N) is 1. The van der Waals surface area contributed by atoms with Crippen LogP contribution < -0.4 is 10.1 Å². The second kappa shape index (κ2) is 7.28. The highest BCUT2D eigenvalue weighted by atomic mass is 16.6. The Bertz CT molecular complexity index is 584. The predicted octanol–water partition coefficient (Wildman–Crippen LogP) is 2.69. The van der Waals surface area contributed by atoms with Crippen molar-refractivity contribution in [3.05, 3.63) is 47.0 Å². The molecule has 2 aromatic rings. The highest BCUT2D eigenvalue weighted by molar-refractivity contribution is 5.68. The number of hydrogen-bond donors (Lipinski definition) is 1. The molecule has 0 aliphatic carbocycles. The van der Waals surface area contributed by atoms with E-state index in [4.69, 9.17) is 4.74 Å². The quantitative estimate of drug-likeness (QED) is 0.597. The summed E-state index contributed by atoms with van der Waals surface area (Å²) in [6.45, 7) is 3.66. The number of imidazole rings is 1. The Morgan fingerprint density at radius 2 is 2.33 bits per heavy atom. The van der Waals surface area contributed by atoms with Crippen LogP contribution in [0.3, 0.4) is 0 Å². The van der Waals surface area contributed by atoms with E-state index in [2.05, 4.69) is 10.3 Å². The van der Waals surface area contributed by atoms with Crippen molar-refractivity contribution in [3.8, 4) is 5.75 Å². The molecule has 7 heteroatoms. The van der Waals surface area contributed by atoms with Crippen molar-refractivity contribution in [2.75, 3.05) is 18.5 Å². The highest BCUT2D eigenvalue weighted by Crippen LogP contribution is 2.34.